The molecule has 1 fully saturated rings. The number of aliphatic hydroxyl groups excluding tert-OH is 1. The minimum atomic E-state index is -1.03. The van der Waals surface area contributed by atoms with Crippen molar-refractivity contribution in [3.63, 3.8) is 0 Å². The first-order valence-electron chi connectivity index (χ1n) is 9.83. The number of amides is 4. The van der Waals surface area contributed by atoms with Crippen LogP contribution in [0.2, 0.25) is 0 Å². The van der Waals surface area contributed by atoms with Crippen LogP contribution >= 0.6 is 11.3 Å². The molecule has 0 aromatic carbocycles. The van der Waals surface area contributed by atoms with Gasteiger partial charge in [-0.3, -0.25) is 19.2 Å². The molecule has 10 heteroatoms. The van der Waals surface area contributed by atoms with E-state index in [9.17, 15) is 24.3 Å². The third kappa shape index (κ3) is 5.79. The first-order valence-corrected chi connectivity index (χ1v) is 10.7. The highest BCUT2D eigenvalue weighted by atomic mass is 32.1. The fourth-order valence-electron chi connectivity index (χ4n) is 3.45. The summed E-state index contributed by atoms with van der Waals surface area (Å²) in [7, 11) is 0. The average Bonchev–Trinajstić information content (AvgIpc) is 3.27. The number of carbonyl (C=O) groups excluding carboxylic acids is 4. The Hall–Kier alpha value is -2.46. The van der Waals surface area contributed by atoms with Gasteiger partial charge in [-0.25, -0.2) is 0 Å². The SMILES string of the molecule is CC(C)C(=O)N[C@@H](CO)C(=O)N1CC(C)(C)CC1CNC(=O)c1cc(C(N)=O)cs1. The van der Waals surface area contributed by atoms with Crippen LogP contribution in [-0.2, 0) is 9.59 Å². The van der Waals surface area contributed by atoms with Crippen LogP contribution in [0.25, 0.3) is 0 Å². The number of nitrogens with zero attached hydrogens (tertiary/aromatic N) is 1. The Morgan fingerprint density at radius 2 is 2.00 bits per heavy atom. The molecule has 0 radical (unpaired) electrons. The molecular formula is C20H30N4O5S. The molecule has 1 aromatic rings. The number of nitrogens with two attached hydrogens (primary N) is 1. The van der Waals surface area contributed by atoms with E-state index in [0.29, 0.717) is 17.8 Å². The number of hydrogen-bond donors (Lipinski definition) is 4. The molecule has 2 heterocycles. The van der Waals surface area contributed by atoms with E-state index < -0.39 is 18.6 Å². The number of thiophene rings is 1. The molecule has 5 N–H and O–H groups in total. The summed E-state index contributed by atoms with van der Waals surface area (Å²) in [6.45, 7) is 7.62. The van der Waals surface area contributed by atoms with Crippen molar-refractivity contribution in [1.82, 2.24) is 15.5 Å². The largest absolute Gasteiger partial charge is 0.394 e. The molecule has 1 unspecified atom stereocenters. The zero-order chi connectivity index (χ0) is 22.6. The Morgan fingerprint density at radius 3 is 2.53 bits per heavy atom. The normalized spacial score (nSPS) is 18.9. The second-order valence-corrected chi connectivity index (χ2v) is 9.57. The van der Waals surface area contributed by atoms with E-state index in [1.807, 2.05) is 13.8 Å². The highest BCUT2D eigenvalue weighted by Crippen LogP contribution is 2.34. The van der Waals surface area contributed by atoms with Crippen molar-refractivity contribution in [1.29, 1.82) is 0 Å². The van der Waals surface area contributed by atoms with E-state index in [-0.39, 0.29) is 47.2 Å². The summed E-state index contributed by atoms with van der Waals surface area (Å²) in [4.78, 5) is 50.6. The molecule has 30 heavy (non-hydrogen) atoms. The summed E-state index contributed by atoms with van der Waals surface area (Å²) in [6, 6.07) is 0.132. The molecule has 0 saturated carbocycles. The molecule has 166 valence electrons. The number of rotatable bonds is 8. The predicted molar refractivity (Wildman–Crippen MR) is 113 cm³/mol. The van der Waals surface area contributed by atoms with Crippen LogP contribution < -0.4 is 16.4 Å². The lowest BCUT2D eigenvalue weighted by atomic mass is 9.91. The zero-order valence-corrected chi connectivity index (χ0v) is 18.5. The Kier molecular flexibility index (Phi) is 7.59. The first kappa shape index (κ1) is 23.8. The van der Waals surface area contributed by atoms with Gasteiger partial charge in [-0.1, -0.05) is 27.7 Å². The lowest BCUT2D eigenvalue weighted by Crippen LogP contribution is -2.54. The molecule has 1 aliphatic rings. The fourth-order valence-corrected chi connectivity index (χ4v) is 4.26. The van der Waals surface area contributed by atoms with E-state index in [1.54, 1.807) is 18.7 Å². The number of primary amides is 1. The minimum Gasteiger partial charge on any atom is -0.394 e. The van der Waals surface area contributed by atoms with Gasteiger partial charge in [0.1, 0.15) is 6.04 Å². The maximum absolute atomic E-state index is 13.0. The second kappa shape index (κ2) is 9.57. The third-order valence-corrected chi connectivity index (χ3v) is 5.97. The molecule has 1 aliphatic heterocycles. The fraction of sp³-hybridized carbons (Fsp3) is 0.600. The van der Waals surface area contributed by atoms with Crippen molar-refractivity contribution >= 4 is 35.0 Å². The number of likely N-dealkylation sites (tertiary alicyclic amines) is 1. The summed E-state index contributed by atoms with van der Waals surface area (Å²) in [5, 5.41) is 16.6. The Labute approximate surface area is 180 Å². The number of aliphatic hydroxyl groups is 1. The van der Waals surface area contributed by atoms with E-state index in [0.717, 1.165) is 11.3 Å². The first-order chi connectivity index (χ1) is 13.9. The van der Waals surface area contributed by atoms with Crippen LogP contribution in [0.4, 0.5) is 0 Å². The van der Waals surface area contributed by atoms with Crippen LogP contribution in [0.3, 0.4) is 0 Å². The molecule has 0 spiro atoms. The van der Waals surface area contributed by atoms with Crippen molar-refractivity contribution in [2.24, 2.45) is 17.1 Å². The molecule has 0 bridgehead atoms. The van der Waals surface area contributed by atoms with Crippen LogP contribution in [0.15, 0.2) is 11.4 Å². The lowest BCUT2D eigenvalue weighted by Gasteiger charge is -2.29. The molecule has 4 amide bonds. The maximum atomic E-state index is 13.0. The van der Waals surface area contributed by atoms with Gasteiger partial charge in [0, 0.05) is 30.4 Å². The molecule has 2 rings (SSSR count). The van der Waals surface area contributed by atoms with E-state index in [1.165, 1.54) is 11.4 Å². The smallest absolute Gasteiger partial charge is 0.261 e. The van der Waals surface area contributed by atoms with Gasteiger partial charge in [0.05, 0.1) is 17.0 Å². The summed E-state index contributed by atoms with van der Waals surface area (Å²) in [5.74, 6) is -1.94. The Morgan fingerprint density at radius 1 is 1.33 bits per heavy atom. The monoisotopic (exact) mass is 438 g/mol. The molecule has 2 atom stereocenters. The van der Waals surface area contributed by atoms with Crippen molar-refractivity contribution in [3.8, 4) is 0 Å². The summed E-state index contributed by atoms with van der Waals surface area (Å²) < 4.78 is 0. The highest BCUT2D eigenvalue weighted by molar-refractivity contribution is 7.12. The van der Waals surface area contributed by atoms with Crippen molar-refractivity contribution in [2.75, 3.05) is 19.7 Å². The summed E-state index contributed by atoms with van der Waals surface area (Å²) >= 11 is 1.12. The van der Waals surface area contributed by atoms with Crippen LogP contribution in [0.5, 0.6) is 0 Å². The van der Waals surface area contributed by atoms with Gasteiger partial charge < -0.3 is 26.4 Å². The zero-order valence-electron chi connectivity index (χ0n) is 17.7. The van der Waals surface area contributed by atoms with Crippen molar-refractivity contribution < 1.29 is 24.3 Å². The van der Waals surface area contributed by atoms with E-state index in [4.69, 9.17) is 5.73 Å². The topological polar surface area (TPSA) is 142 Å². The molecule has 1 aromatic heterocycles. The number of hydrogen-bond acceptors (Lipinski definition) is 6. The predicted octanol–water partition coefficient (Wildman–Crippen LogP) is 0.337. The third-order valence-electron chi connectivity index (χ3n) is 5.04. The summed E-state index contributed by atoms with van der Waals surface area (Å²) in [5.41, 5.74) is 5.32. The minimum absolute atomic E-state index is 0.171. The van der Waals surface area contributed by atoms with Crippen LogP contribution in [-0.4, -0.2) is 65.4 Å². The van der Waals surface area contributed by atoms with Crippen LogP contribution in [0, 0.1) is 11.3 Å². The molecular weight excluding hydrogens is 408 g/mol. The molecule has 1 saturated heterocycles. The molecule has 0 aliphatic carbocycles. The Bertz CT molecular complexity index is 820. The Balaban J connectivity index is 2.07. The second-order valence-electron chi connectivity index (χ2n) is 8.66. The summed E-state index contributed by atoms with van der Waals surface area (Å²) in [6.07, 6.45) is 0.659. The standard InChI is InChI=1S/C20H30N4O5S/c1-11(2)17(27)23-14(8-25)19(29)24-10-20(3,4)6-13(24)7-22-18(28)15-5-12(9-30-15)16(21)26/h5,9,11,13-14,25H,6-8,10H2,1-4H3,(H2,21,26)(H,22,28)(H,23,27)/t13?,14-/m0/s1. The lowest BCUT2D eigenvalue weighted by molar-refractivity contribution is -0.139. The number of nitrogens with one attached hydrogen (secondary N) is 2. The van der Waals surface area contributed by atoms with Gasteiger partial charge in [-0.2, -0.15) is 0 Å². The van der Waals surface area contributed by atoms with Crippen molar-refractivity contribution in [3.05, 3.63) is 21.9 Å². The molecule has 9 nitrogen and oxygen atoms in total. The highest BCUT2D eigenvalue weighted by Gasteiger charge is 2.42. The van der Waals surface area contributed by atoms with Gasteiger partial charge in [0.2, 0.25) is 17.7 Å². The number of carbonyl (C=O) groups is 4. The van der Waals surface area contributed by atoms with Gasteiger partial charge in [-0.15, -0.1) is 11.3 Å². The van der Waals surface area contributed by atoms with Gasteiger partial charge in [-0.05, 0) is 17.9 Å². The van der Waals surface area contributed by atoms with Crippen LogP contribution in [0.1, 0.15) is 54.1 Å². The average molecular weight is 439 g/mol. The van der Waals surface area contributed by atoms with Gasteiger partial charge in [0.25, 0.3) is 5.91 Å². The van der Waals surface area contributed by atoms with Gasteiger partial charge >= 0.3 is 0 Å². The van der Waals surface area contributed by atoms with Gasteiger partial charge in [0.15, 0.2) is 0 Å². The maximum Gasteiger partial charge on any atom is 0.261 e. The van der Waals surface area contributed by atoms with E-state index >= 15 is 0 Å². The quantitative estimate of drug-likeness (QED) is 0.463. The van der Waals surface area contributed by atoms with Crippen molar-refractivity contribution in [2.45, 2.75) is 46.2 Å². The van der Waals surface area contributed by atoms with E-state index in [2.05, 4.69) is 10.6 Å².